The second-order valence-electron chi connectivity index (χ2n) is 8.58. The van der Waals surface area contributed by atoms with Crippen LogP contribution < -0.4 is 10.1 Å². The molecule has 1 unspecified atom stereocenters. The largest absolute Gasteiger partial charge is 0.486 e. The number of aldehydes is 1. The van der Waals surface area contributed by atoms with Crippen LogP contribution in [0.4, 0.5) is 10.2 Å². The third-order valence-electron chi connectivity index (χ3n) is 5.82. The SMILES string of the molecule is CN1CCCC(CNc2nc(-c3c[nH]c4ncc(Cl)cc34)ncc2F)C1.O=CCOc1ccccc1. The summed E-state index contributed by atoms with van der Waals surface area (Å²) in [6.07, 6.45) is 7.58. The van der Waals surface area contributed by atoms with Crippen molar-refractivity contribution < 1.29 is 13.9 Å². The number of aromatic nitrogens is 4. The molecule has 3 aromatic heterocycles. The Kier molecular flexibility index (Phi) is 8.80. The maximum Gasteiger partial charge on any atom is 0.183 e. The lowest BCUT2D eigenvalue weighted by molar-refractivity contribution is -0.109. The predicted molar refractivity (Wildman–Crippen MR) is 139 cm³/mol. The van der Waals surface area contributed by atoms with Gasteiger partial charge in [0.05, 0.1) is 11.2 Å². The number of halogens is 2. The highest BCUT2D eigenvalue weighted by Crippen LogP contribution is 2.28. The number of para-hydroxylation sites is 1. The van der Waals surface area contributed by atoms with Gasteiger partial charge < -0.3 is 19.9 Å². The summed E-state index contributed by atoms with van der Waals surface area (Å²) in [5.41, 5.74) is 1.44. The van der Waals surface area contributed by atoms with E-state index in [1.807, 2.05) is 30.3 Å². The van der Waals surface area contributed by atoms with E-state index in [0.29, 0.717) is 29.0 Å². The monoisotopic (exact) mass is 510 g/mol. The summed E-state index contributed by atoms with van der Waals surface area (Å²) in [5, 5.41) is 4.50. The Morgan fingerprint density at radius 2 is 2.11 bits per heavy atom. The summed E-state index contributed by atoms with van der Waals surface area (Å²) < 4.78 is 19.2. The second kappa shape index (κ2) is 12.4. The maximum atomic E-state index is 14.2. The van der Waals surface area contributed by atoms with Crippen LogP contribution >= 0.6 is 11.6 Å². The zero-order chi connectivity index (χ0) is 25.3. The third-order valence-corrected chi connectivity index (χ3v) is 6.03. The Balaban J connectivity index is 0.000000256. The molecule has 1 fully saturated rings. The van der Waals surface area contributed by atoms with E-state index in [2.05, 4.69) is 37.2 Å². The van der Waals surface area contributed by atoms with Crippen molar-refractivity contribution in [1.29, 1.82) is 0 Å². The first-order chi connectivity index (χ1) is 17.5. The highest BCUT2D eigenvalue weighted by molar-refractivity contribution is 6.31. The summed E-state index contributed by atoms with van der Waals surface area (Å²) in [4.78, 5) is 28.0. The molecule has 1 saturated heterocycles. The minimum absolute atomic E-state index is 0.129. The van der Waals surface area contributed by atoms with Gasteiger partial charge in [-0.05, 0) is 50.6 Å². The van der Waals surface area contributed by atoms with Crippen LogP contribution in [0, 0.1) is 11.7 Å². The van der Waals surface area contributed by atoms with Crippen molar-refractivity contribution in [2.75, 3.05) is 38.6 Å². The van der Waals surface area contributed by atoms with E-state index in [1.54, 1.807) is 18.5 Å². The van der Waals surface area contributed by atoms with Crippen molar-refractivity contribution in [1.82, 2.24) is 24.8 Å². The molecule has 1 atom stereocenters. The van der Waals surface area contributed by atoms with Gasteiger partial charge in [0, 0.05) is 36.4 Å². The first-order valence-electron chi connectivity index (χ1n) is 11.7. The van der Waals surface area contributed by atoms with E-state index in [0.717, 1.165) is 42.5 Å². The summed E-state index contributed by atoms with van der Waals surface area (Å²) in [6.45, 7) is 2.96. The quantitative estimate of drug-likeness (QED) is 0.344. The van der Waals surface area contributed by atoms with Gasteiger partial charge in [-0.25, -0.2) is 19.3 Å². The lowest BCUT2D eigenvalue weighted by atomic mass is 9.98. The van der Waals surface area contributed by atoms with E-state index < -0.39 is 5.82 Å². The number of hydrogen-bond donors (Lipinski definition) is 2. The first kappa shape index (κ1) is 25.5. The van der Waals surface area contributed by atoms with Crippen LogP contribution in [0.3, 0.4) is 0 Å². The van der Waals surface area contributed by atoms with Crippen LogP contribution in [0.1, 0.15) is 12.8 Å². The summed E-state index contributed by atoms with van der Waals surface area (Å²) in [6, 6.07) is 11.0. The number of piperidine rings is 1. The molecule has 1 aliphatic rings. The second-order valence-corrected chi connectivity index (χ2v) is 9.02. The topological polar surface area (TPSA) is 96.0 Å². The number of H-pyrrole nitrogens is 1. The molecular formula is C26H28ClFN6O2. The van der Waals surface area contributed by atoms with Crippen molar-refractivity contribution in [2.24, 2.45) is 5.92 Å². The Morgan fingerprint density at radius 3 is 2.89 bits per heavy atom. The number of pyridine rings is 1. The number of ether oxygens (including phenoxy) is 1. The number of anilines is 1. The highest BCUT2D eigenvalue weighted by Gasteiger charge is 2.18. The minimum atomic E-state index is -0.450. The molecule has 2 N–H and O–H groups in total. The fraction of sp³-hybridized carbons (Fsp3) is 0.308. The fourth-order valence-electron chi connectivity index (χ4n) is 4.11. The van der Waals surface area contributed by atoms with E-state index in [-0.39, 0.29) is 12.4 Å². The molecule has 1 aromatic carbocycles. The van der Waals surface area contributed by atoms with Gasteiger partial charge in [0.15, 0.2) is 23.7 Å². The number of carbonyl (C=O) groups is 1. The van der Waals surface area contributed by atoms with Gasteiger partial charge in [-0.15, -0.1) is 0 Å². The number of carbonyl (C=O) groups excluding carboxylic acids is 1. The molecule has 8 nitrogen and oxygen atoms in total. The van der Waals surface area contributed by atoms with Gasteiger partial charge in [0.2, 0.25) is 0 Å². The third kappa shape index (κ3) is 6.77. The average molecular weight is 511 g/mol. The van der Waals surface area contributed by atoms with Crippen LogP contribution in [0.15, 0.2) is 55.0 Å². The Bertz CT molecular complexity index is 1290. The van der Waals surface area contributed by atoms with Gasteiger partial charge in [0.25, 0.3) is 0 Å². The zero-order valence-corrected chi connectivity index (χ0v) is 20.7. The molecule has 10 heteroatoms. The number of fused-ring (bicyclic) bond motifs is 1. The van der Waals surface area contributed by atoms with Gasteiger partial charge in [-0.1, -0.05) is 29.8 Å². The Morgan fingerprint density at radius 1 is 1.28 bits per heavy atom. The van der Waals surface area contributed by atoms with E-state index in [9.17, 15) is 9.18 Å². The van der Waals surface area contributed by atoms with Crippen LogP contribution in [0.25, 0.3) is 22.4 Å². The van der Waals surface area contributed by atoms with Gasteiger partial charge in [-0.2, -0.15) is 0 Å². The molecule has 0 bridgehead atoms. The van der Waals surface area contributed by atoms with Crippen LogP contribution in [0.5, 0.6) is 5.75 Å². The summed E-state index contributed by atoms with van der Waals surface area (Å²) in [7, 11) is 2.12. The number of rotatable bonds is 7. The van der Waals surface area contributed by atoms with Crippen molar-refractivity contribution in [3.63, 3.8) is 0 Å². The summed E-state index contributed by atoms with van der Waals surface area (Å²) >= 11 is 6.05. The van der Waals surface area contributed by atoms with Gasteiger partial charge in [-0.3, -0.25) is 4.79 Å². The molecule has 4 aromatic rings. The predicted octanol–water partition coefficient (Wildman–Crippen LogP) is 4.83. The van der Waals surface area contributed by atoms with Crippen molar-refractivity contribution in [3.05, 3.63) is 65.8 Å². The van der Waals surface area contributed by atoms with Gasteiger partial charge >= 0.3 is 0 Å². The first-order valence-corrected chi connectivity index (χ1v) is 12.1. The fourth-order valence-corrected chi connectivity index (χ4v) is 4.27. The normalized spacial score (nSPS) is 15.7. The Hall–Kier alpha value is -3.56. The van der Waals surface area contributed by atoms with E-state index >= 15 is 0 Å². The Labute approximate surface area is 213 Å². The molecule has 188 valence electrons. The highest BCUT2D eigenvalue weighted by atomic mass is 35.5. The summed E-state index contributed by atoms with van der Waals surface area (Å²) in [5.74, 6) is 1.43. The van der Waals surface area contributed by atoms with Crippen LogP contribution in [0.2, 0.25) is 5.02 Å². The number of aromatic amines is 1. The molecule has 0 aliphatic carbocycles. The number of likely N-dealkylation sites (tertiary alicyclic amines) is 1. The average Bonchev–Trinajstić information content (AvgIpc) is 3.31. The van der Waals surface area contributed by atoms with Crippen molar-refractivity contribution in [2.45, 2.75) is 12.8 Å². The molecule has 36 heavy (non-hydrogen) atoms. The van der Waals surface area contributed by atoms with E-state index in [4.69, 9.17) is 16.3 Å². The molecule has 0 saturated carbocycles. The smallest absolute Gasteiger partial charge is 0.183 e. The molecule has 5 rings (SSSR count). The van der Waals surface area contributed by atoms with Crippen LogP contribution in [-0.4, -0.2) is 64.4 Å². The lowest BCUT2D eigenvalue weighted by Gasteiger charge is -2.29. The number of nitrogens with zero attached hydrogens (tertiary/aromatic N) is 4. The molecule has 1 aliphatic heterocycles. The molecule has 0 radical (unpaired) electrons. The molecular weight excluding hydrogens is 483 g/mol. The minimum Gasteiger partial charge on any atom is -0.486 e. The number of benzene rings is 1. The molecule has 4 heterocycles. The zero-order valence-electron chi connectivity index (χ0n) is 20.0. The van der Waals surface area contributed by atoms with Crippen molar-refractivity contribution >= 4 is 34.7 Å². The molecule has 0 spiro atoms. The van der Waals surface area contributed by atoms with E-state index in [1.165, 1.54) is 12.6 Å². The maximum absolute atomic E-state index is 14.2. The van der Waals surface area contributed by atoms with Crippen LogP contribution in [-0.2, 0) is 4.79 Å². The van der Waals surface area contributed by atoms with Gasteiger partial charge in [0.1, 0.15) is 18.0 Å². The lowest BCUT2D eigenvalue weighted by Crippen LogP contribution is -2.35. The number of nitrogens with one attached hydrogen (secondary N) is 2. The van der Waals surface area contributed by atoms with Crippen molar-refractivity contribution in [3.8, 4) is 17.1 Å². The standard InChI is InChI=1S/C18H20ClFN6.C8H8O2/c1-26-4-2-3-11(10-26)6-21-18-15(20)9-24-17(25-18)14-8-23-16-13(14)5-12(19)7-22-16;9-6-7-10-8-4-2-1-3-5-8/h5,7-9,11H,2-4,6,10H2,1H3,(H,22,23)(H,21,24,25);1-6H,7H2. The number of hydrogen-bond acceptors (Lipinski definition) is 7. The molecule has 0 amide bonds.